The van der Waals surface area contributed by atoms with Gasteiger partial charge in [0.05, 0.1) is 11.2 Å². The summed E-state index contributed by atoms with van der Waals surface area (Å²) >= 11 is 0. The van der Waals surface area contributed by atoms with E-state index in [0.717, 1.165) is 0 Å². The first-order valence-electron chi connectivity index (χ1n) is 9.42. The molecule has 0 spiro atoms. The van der Waals surface area contributed by atoms with Crippen molar-refractivity contribution in [2.24, 2.45) is 0 Å². The van der Waals surface area contributed by atoms with Crippen molar-refractivity contribution in [1.29, 1.82) is 0 Å². The zero-order valence-electron chi connectivity index (χ0n) is 17.3. The minimum absolute atomic E-state index is 0.0233. The lowest BCUT2D eigenvalue weighted by atomic mass is 9.77. The van der Waals surface area contributed by atoms with E-state index in [2.05, 4.69) is 0 Å². The lowest BCUT2D eigenvalue weighted by Crippen LogP contribution is -2.50. The minimum Gasteiger partial charge on any atom is -0.444 e. The highest BCUT2D eigenvalue weighted by Gasteiger charge is 2.51. The third-order valence-electron chi connectivity index (χ3n) is 5.52. The van der Waals surface area contributed by atoms with Gasteiger partial charge in [0.2, 0.25) is 0 Å². The Hall–Kier alpha value is -1.60. The normalized spacial score (nSPS) is 21.9. The molecule has 0 bridgehead atoms. The van der Waals surface area contributed by atoms with Crippen molar-refractivity contribution in [2.75, 3.05) is 13.1 Å². The molecule has 0 aromatic heterocycles. The van der Waals surface area contributed by atoms with Crippen LogP contribution in [0.4, 0.5) is 9.18 Å². The predicted octanol–water partition coefficient (Wildman–Crippen LogP) is 3.46. The summed E-state index contributed by atoms with van der Waals surface area (Å²) in [6.45, 7) is 14.3. The Morgan fingerprint density at radius 3 is 2.22 bits per heavy atom. The minimum atomic E-state index is -0.585. The molecule has 2 heterocycles. The van der Waals surface area contributed by atoms with Crippen LogP contribution >= 0.6 is 0 Å². The first-order chi connectivity index (χ1) is 12.3. The number of halogens is 1. The standard InChI is InChI=1S/C20H29BFNO4/c1-18(2,3)25-17(24)23-11-13(12-23)15-9-8-14(10-16(15)22)21-26-19(4,5)20(6,7)27-21/h8-10,13H,11-12H2,1-7H3. The number of likely N-dealkylation sites (tertiary alicyclic amines) is 1. The number of benzene rings is 1. The molecule has 0 N–H and O–H groups in total. The van der Waals surface area contributed by atoms with E-state index in [9.17, 15) is 9.18 Å². The molecule has 3 rings (SSSR count). The van der Waals surface area contributed by atoms with Crippen LogP contribution in [-0.4, -0.2) is 48.0 Å². The maximum absolute atomic E-state index is 14.7. The van der Waals surface area contributed by atoms with Crippen molar-refractivity contribution >= 4 is 18.7 Å². The molecule has 2 saturated heterocycles. The molecule has 7 heteroatoms. The van der Waals surface area contributed by atoms with Crippen LogP contribution in [-0.2, 0) is 14.0 Å². The SMILES string of the molecule is CC(C)(C)OC(=O)N1CC(c2ccc(B3OC(C)(C)C(C)(C)O3)cc2F)C1. The Morgan fingerprint density at radius 1 is 1.19 bits per heavy atom. The van der Waals surface area contributed by atoms with E-state index >= 15 is 0 Å². The molecular formula is C20H29BFNO4. The van der Waals surface area contributed by atoms with Crippen molar-refractivity contribution in [3.8, 4) is 0 Å². The molecule has 5 nitrogen and oxygen atoms in total. The smallest absolute Gasteiger partial charge is 0.444 e. The number of hydrogen-bond acceptors (Lipinski definition) is 4. The fourth-order valence-corrected chi connectivity index (χ4v) is 3.15. The molecule has 0 atom stereocenters. The van der Waals surface area contributed by atoms with Gasteiger partial charge >= 0.3 is 13.2 Å². The summed E-state index contributed by atoms with van der Waals surface area (Å²) in [6, 6.07) is 5.09. The number of rotatable bonds is 2. The van der Waals surface area contributed by atoms with Gasteiger partial charge in [-0.3, -0.25) is 0 Å². The quantitative estimate of drug-likeness (QED) is 0.741. The predicted molar refractivity (Wildman–Crippen MR) is 103 cm³/mol. The third-order valence-corrected chi connectivity index (χ3v) is 5.52. The zero-order chi connectivity index (χ0) is 20.2. The summed E-state index contributed by atoms with van der Waals surface area (Å²) in [4.78, 5) is 13.6. The average molecular weight is 377 g/mol. The molecule has 27 heavy (non-hydrogen) atoms. The average Bonchev–Trinajstić information content (AvgIpc) is 2.65. The number of carbonyl (C=O) groups is 1. The second kappa shape index (κ2) is 6.48. The molecule has 148 valence electrons. The Balaban J connectivity index is 1.65. The molecule has 0 aliphatic carbocycles. The molecule has 2 aliphatic heterocycles. The maximum Gasteiger partial charge on any atom is 0.494 e. The fourth-order valence-electron chi connectivity index (χ4n) is 3.15. The van der Waals surface area contributed by atoms with Crippen molar-refractivity contribution in [1.82, 2.24) is 4.90 Å². The third kappa shape index (κ3) is 3.99. The number of hydrogen-bond donors (Lipinski definition) is 0. The molecule has 0 radical (unpaired) electrons. The summed E-state index contributed by atoms with van der Waals surface area (Å²) in [6.07, 6.45) is -0.354. The molecule has 2 aliphatic rings. The summed E-state index contributed by atoms with van der Waals surface area (Å²) < 4.78 is 32.0. The van der Waals surface area contributed by atoms with Crippen LogP contribution in [0.25, 0.3) is 0 Å². The highest BCUT2D eigenvalue weighted by Crippen LogP contribution is 2.37. The second-order valence-corrected chi connectivity index (χ2v) is 9.45. The van der Waals surface area contributed by atoms with Gasteiger partial charge in [0.15, 0.2) is 0 Å². The van der Waals surface area contributed by atoms with Crippen LogP contribution in [0.1, 0.15) is 59.9 Å². The monoisotopic (exact) mass is 377 g/mol. The van der Waals surface area contributed by atoms with Crippen molar-refractivity contribution in [3.63, 3.8) is 0 Å². The maximum atomic E-state index is 14.7. The van der Waals surface area contributed by atoms with E-state index in [1.807, 2.05) is 54.5 Å². The van der Waals surface area contributed by atoms with E-state index < -0.39 is 23.9 Å². The highest BCUT2D eigenvalue weighted by molar-refractivity contribution is 6.62. The summed E-state index contributed by atoms with van der Waals surface area (Å²) in [5, 5.41) is 0. The van der Waals surface area contributed by atoms with Gasteiger partial charge in [0.25, 0.3) is 0 Å². The van der Waals surface area contributed by atoms with Crippen LogP contribution in [0, 0.1) is 5.82 Å². The Kier molecular flexibility index (Phi) is 4.84. The number of carbonyl (C=O) groups excluding carboxylic acids is 1. The van der Waals surface area contributed by atoms with Crippen LogP contribution in [0.3, 0.4) is 0 Å². The first kappa shape index (κ1) is 20.1. The largest absolute Gasteiger partial charge is 0.494 e. The molecular weight excluding hydrogens is 348 g/mol. The van der Waals surface area contributed by atoms with E-state index in [0.29, 0.717) is 24.1 Å². The topological polar surface area (TPSA) is 48.0 Å². The van der Waals surface area contributed by atoms with E-state index in [1.165, 1.54) is 6.07 Å². The number of ether oxygens (including phenoxy) is 1. The Bertz CT molecular complexity index is 722. The molecule has 0 unspecified atom stereocenters. The van der Waals surface area contributed by atoms with Crippen molar-refractivity contribution < 1.29 is 23.2 Å². The van der Waals surface area contributed by atoms with Gasteiger partial charge in [-0.25, -0.2) is 9.18 Å². The van der Waals surface area contributed by atoms with E-state index in [4.69, 9.17) is 14.0 Å². The van der Waals surface area contributed by atoms with Crippen LogP contribution in [0.15, 0.2) is 18.2 Å². The van der Waals surface area contributed by atoms with Gasteiger partial charge in [-0.05, 0) is 65.6 Å². The number of nitrogens with zero attached hydrogens (tertiary/aromatic N) is 1. The molecule has 0 saturated carbocycles. The van der Waals surface area contributed by atoms with Gasteiger partial charge in [-0.1, -0.05) is 12.1 Å². The Morgan fingerprint density at radius 2 is 1.74 bits per heavy atom. The summed E-state index contributed by atoms with van der Waals surface area (Å²) in [5.41, 5.74) is -0.185. The van der Waals surface area contributed by atoms with Crippen LogP contribution in [0.5, 0.6) is 0 Å². The summed E-state index contributed by atoms with van der Waals surface area (Å²) in [5.74, 6) is -0.319. The number of amides is 1. The van der Waals surface area contributed by atoms with Gasteiger partial charge in [-0.15, -0.1) is 0 Å². The van der Waals surface area contributed by atoms with Crippen LogP contribution < -0.4 is 5.46 Å². The first-order valence-corrected chi connectivity index (χ1v) is 9.42. The highest BCUT2D eigenvalue weighted by atomic mass is 19.1. The van der Waals surface area contributed by atoms with Gasteiger partial charge < -0.3 is 18.9 Å². The van der Waals surface area contributed by atoms with Crippen molar-refractivity contribution in [2.45, 2.75) is 71.2 Å². The van der Waals surface area contributed by atoms with Crippen molar-refractivity contribution in [3.05, 3.63) is 29.6 Å². The van der Waals surface area contributed by atoms with E-state index in [-0.39, 0.29) is 17.8 Å². The fraction of sp³-hybridized carbons (Fsp3) is 0.650. The second-order valence-electron chi connectivity index (χ2n) is 9.45. The molecule has 1 aromatic rings. The molecule has 1 amide bonds. The lowest BCUT2D eigenvalue weighted by Gasteiger charge is -2.40. The van der Waals surface area contributed by atoms with Gasteiger partial charge in [0, 0.05) is 19.0 Å². The van der Waals surface area contributed by atoms with E-state index in [1.54, 1.807) is 11.0 Å². The van der Waals surface area contributed by atoms with Crippen LogP contribution in [0.2, 0.25) is 0 Å². The summed E-state index contributed by atoms with van der Waals surface area (Å²) in [7, 11) is -0.585. The van der Waals surface area contributed by atoms with Gasteiger partial charge in [-0.2, -0.15) is 0 Å². The Labute approximate surface area is 161 Å². The molecule has 2 fully saturated rings. The van der Waals surface area contributed by atoms with Gasteiger partial charge in [0.1, 0.15) is 11.4 Å². The lowest BCUT2D eigenvalue weighted by molar-refractivity contribution is 0.00578. The zero-order valence-corrected chi connectivity index (χ0v) is 17.3. The molecule has 1 aromatic carbocycles.